The van der Waals surface area contributed by atoms with E-state index in [-0.39, 0.29) is 5.91 Å². The first-order valence-corrected chi connectivity index (χ1v) is 7.57. The highest BCUT2D eigenvalue weighted by atomic mass is 16.3. The van der Waals surface area contributed by atoms with Crippen molar-refractivity contribution in [2.45, 2.75) is 19.8 Å². The summed E-state index contributed by atoms with van der Waals surface area (Å²) in [6.07, 6.45) is 3.03. The van der Waals surface area contributed by atoms with Crippen LogP contribution in [0.1, 0.15) is 16.7 Å². The molecular formula is C19H17NO2. The molecule has 0 spiro atoms. The van der Waals surface area contributed by atoms with E-state index in [1.165, 1.54) is 11.1 Å². The van der Waals surface area contributed by atoms with Crippen molar-refractivity contribution in [2.24, 2.45) is 0 Å². The molecule has 0 saturated heterocycles. The number of fused-ring (bicyclic) bond motifs is 2. The third-order valence-electron chi connectivity index (χ3n) is 4.34. The van der Waals surface area contributed by atoms with Crippen LogP contribution in [0.5, 0.6) is 0 Å². The molecule has 2 aromatic carbocycles. The maximum Gasteiger partial charge on any atom is 0.231 e. The van der Waals surface area contributed by atoms with Gasteiger partial charge in [0.15, 0.2) is 0 Å². The number of benzene rings is 2. The fourth-order valence-electron chi connectivity index (χ4n) is 3.19. The van der Waals surface area contributed by atoms with E-state index in [0.29, 0.717) is 6.42 Å². The molecule has 1 aromatic heterocycles. The zero-order valence-corrected chi connectivity index (χ0v) is 12.5. The van der Waals surface area contributed by atoms with Gasteiger partial charge in [-0.1, -0.05) is 29.8 Å². The van der Waals surface area contributed by atoms with Gasteiger partial charge in [-0.05, 0) is 37.1 Å². The van der Waals surface area contributed by atoms with Gasteiger partial charge in [-0.25, -0.2) is 0 Å². The Morgan fingerprint density at radius 3 is 3.00 bits per heavy atom. The minimum absolute atomic E-state index is 0.133. The summed E-state index contributed by atoms with van der Waals surface area (Å²) in [6, 6.07) is 14.2. The molecule has 3 heteroatoms. The number of anilines is 1. The number of hydrogen-bond acceptors (Lipinski definition) is 2. The molecule has 0 aliphatic carbocycles. The standard InChI is InChI=1S/C19H17NO2/c1-13-6-7-18-16(10-13)15(12-22-18)11-19(21)20-9-8-14-4-2-3-5-17(14)20/h2-7,10,12H,8-9,11H2,1H3. The lowest BCUT2D eigenvalue weighted by Crippen LogP contribution is -2.30. The monoisotopic (exact) mass is 291 g/mol. The Balaban J connectivity index is 1.63. The van der Waals surface area contributed by atoms with Crippen LogP contribution in [0.15, 0.2) is 53.1 Å². The van der Waals surface area contributed by atoms with Gasteiger partial charge >= 0.3 is 0 Å². The SMILES string of the molecule is Cc1ccc2occ(CC(=O)N3CCc4ccccc43)c2c1. The van der Waals surface area contributed by atoms with Crippen molar-refractivity contribution < 1.29 is 9.21 Å². The van der Waals surface area contributed by atoms with E-state index in [2.05, 4.69) is 19.1 Å². The number of hydrogen-bond donors (Lipinski definition) is 0. The van der Waals surface area contributed by atoms with Gasteiger partial charge in [0.25, 0.3) is 0 Å². The molecule has 0 radical (unpaired) electrons. The molecule has 0 bridgehead atoms. The lowest BCUT2D eigenvalue weighted by atomic mass is 10.1. The van der Waals surface area contributed by atoms with Crippen LogP contribution >= 0.6 is 0 Å². The minimum atomic E-state index is 0.133. The fourth-order valence-corrected chi connectivity index (χ4v) is 3.19. The molecule has 4 rings (SSSR count). The Morgan fingerprint density at radius 1 is 1.23 bits per heavy atom. The predicted octanol–water partition coefficient (Wildman–Crippen LogP) is 3.87. The third-order valence-corrected chi connectivity index (χ3v) is 4.34. The molecule has 3 nitrogen and oxygen atoms in total. The van der Waals surface area contributed by atoms with Gasteiger partial charge in [0.2, 0.25) is 5.91 Å². The molecule has 0 atom stereocenters. The molecule has 1 amide bonds. The summed E-state index contributed by atoms with van der Waals surface area (Å²) in [5.41, 5.74) is 5.29. The predicted molar refractivity (Wildman–Crippen MR) is 87.2 cm³/mol. The van der Waals surface area contributed by atoms with Crippen molar-refractivity contribution in [1.29, 1.82) is 0 Å². The Kier molecular flexibility index (Phi) is 3.00. The average Bonchev–Trinajstić information content (AvgIpc) is 3.11. The second kappa shape index (κ2) is 5.02. The van der Waals surface area contributed by atoms with Crippen molar-refractivity contribution >= 4 is 22.6 Å². The summed E-state index contributed by atoms with van der Waals surface area (Å²) < 4.78 is 5.57. The van der Waals surface area contributed by atoms with Gasteiger partial charge in [0, 0.05) is 23.2 Å². The first-order chi connectivity index (χ1) is 10.7. The number of para-hydroxylation sites is 1. The van der Waals surface area contributed by atoms with Gasteiger partial charge in [0.1, 0.15) is 5.58 Å². The third kappa shape index (κ3) is 2.10. The zero-order chi connectivity index (χ0) is 15.1. The summed E-state index contributed by atoms with van der Waals surface area (Å²) in [5.74, 6) is 0.133. The second-order valence-corrected chi connectivity index (χ2v) is 5.86. The fraction of sp³-hybridized carbons (Fsp3) is 0.211. The topological polar surface area (TPSA) is 33.5 Å². The van der Waals surface area contributed by atoms with Crippen molar-refractivity contribution in [3.63, 3.8) is 0 Å². The lowest BCUT2D eigenvalue weighted by Gasteiger charge is -2.16. The first kappa shape index (κ1) is 13.1. The first-order valence-electron chi connectivity index (χ1n) is 7.57. The van der Waals surface area contributed by atoms with Crippen LogP contribution in [-0.4, -0.2) is 12.5 Å². The highest BCUT2D eigenvalue weighted by Crippen LogP contribution is 2.29. The highest BCUT2D eigenvalue weighted by Gasteiger charge is 2.24. The number of carbonyl (C=O) groups excluding carboxylic acids is 1. The van der Waals surface area contributed by atoms with E-state index in [9.17, 15) is 4.79 Å². The van der Waals surface area contributed by atoms with Crippen LogP contribution in [0.25, 0.3) is 11.0 Å². The largest absolute Gasteiger partial charge is 0.464 e. The maximum absolute atomic E-state index is 12.7. The summed E-state index contributed by atoms with van der Waals surface area (Å²) in [5, 5.41) is 1.04. The number of amides is 1. The van der Waals surface area contributed by atoms with Crippen LogP contribution in [0.3, 0.4) is 0 Å². The summed E-state index contributed by atoms with van der Waals surface area (Å²) in [6.45, 7) is 2.82. The number of furan rings is 1. The number of nitrogens with zero attached hydrogens (tertiary/aromatic N) is 1. The molecule has 3 aromatic rings. The molecule has 2 heterocycles. The van der Waals surface area contributed by atoms with Crippen molar-refractivity contribution in [2.75, 3.05) is 11.4 Å². The van der Waals surface area contributed by atoms with E-state index in [4.69, 9.17) is 4.42 Å². The summed E-state index contributed by atoms with van der Waals surface area (Å²) in [4.78, 5) is 14.6. The molecule has 0 fully saturated rings. The van der Waals surface area contributed by atoms with Gasteiger partial charge in [-0.2, -0.15) is 0 Å². The quantitative estimate of drug-likeness (QED) is 0.718. The lowest BCUT2D eigenvalue weighted by molar-refractivity contribution is -0.117. The van der Waals surface area contributed by atoms with Crippen LogP contribution in [-0.2, 0) is 17.6 Å². The van der Waals surface area contributed by atoms with Gasteiger partial charge in [-0.3, -0.25) is 4.79 Å². The average molecular weight is 291 g/mol. The van der Waals surface area contributed by atoms with Crippen molar-refractivity contribution in [1.82, 2.24) is 0 Å². The molecule has 0 unspecified atom stereocenters. The highest BCUT2D eigenvalue weighted by molar-refractivity contribution is 5.98. The van der Waals surface area contributed by atoms with E-state index in [0.717, 1.165) is 35.2 Å². The minimum Gasteiger partial charge on any atom is -0.464 e. The molecular weight excluding hydrogens is 274 g/mol. The van der Waals surface area contributed by atoms with E-state index in [1.807, 2.05) is 35.2 Å². The van der Waals surface area contributed by atoms with Gasteiger partial charge in [-0.15, -0.1) is 0 Å². The Morgan fingerprint density at radius 2 is 2.09 bits per heavy atom. The summed E-state index contributed by atoms with van der Waals surface area (Å²) in [7, 11) is 0. The smallest absolute Gasteiger partial charge is 0.231 e. The van der Waals surface area contributed by atoms with Crippen LogP contribution in [0, 0.1) is 6.92 Å². The maximum atomic E-state index is 12.7. The van der Waals surface area contributed by atoms with Gasteiger partial charge in [0.05, 0.1) is 12.7 Å². The summed E-state index contributed by atoms with van der Waals surface area (Å²) >= 11 is 0. The van der Waals surface area contributed by atoms with E-state index in [1.54, 1.807) is 6.26 Å². The van der Waals surface area contributed by atoms with Crippen LogP contribution in [0.4, 0.5) is 5.69 Å². The Bertz CT molecular complexity index is 863. The van der Waals surface area contributed by atoms with E-state index >= 15 is 0 Å². The molecule has 0 N–H and O–H groups in total. The van der Waals surface area contributed by atoms with E-state index < -0.39 is 0 Å². The van der Waals surface area contributed by atoms with Gasteiger partial charge < -0.3 is 9.32 Å². The Labute approximate surface area is 129 Å². The molecule has 22 heavy (non-hydrogen) atoms. The second-order valence-electron chi connectivity index (χ2n) is 5.86. The molecule has 1 aliphatic rings. The molecule has 1 aliphatic heterocycles. The van der Waals surface area contributed by atoms with Crippen molar-refractivity contribution in [3.8, 4) is 0 Å². The van der Waals surface area contributed by atoms with Crippen molar-refractivity contribution in [3.05, 3.63) is 65.4 Å². The normalized spacial score (nSPS) is 13.6. The van der Waals surface area contributed by atoms with Crippen LogP contribution < -0.4 is 4.90 Å². The zero-order valence-electron chi connectivity index (χ0n) is 12.5. The number of carbonyl (C=O) groups is 1. The number of rotatable bonds is 2. The number of aryl methyl sites for hydroxylation is 1. The van der Waals surface area contributed by atoms with Crippen LogP contribution in [0.2, 0.25) is 0 Å². The Hall–Kier alpha value is -2.55. The molecule has 0 saturated carbocycles. The molecule has 110 valence electrons.